The fourth-order valence-corrected chi connectivity index (χ4v) is 2.08. The monoisotopic (exact) mass is 311 g/mol. The highest BCUT2D eigenvalue weighted by Gasteiger charge is 2.10. The van der Waals surface area contributed by atoms with Crippen LogP contribution in [0.5, 0.6) is 0 Å². The van der Waals surface area contributed by atoms with Gasteiger partial charge in [-0.1, -0.05) is 6.07 Å². The first-order valence-corrected chi connectivity index (χ1v) is 7.18. The number of pyridine rings is 1. The summed E-state index contributed by atoms with van der Waals surface area (Å²) in [5, 5.41) is 6.97. The molecule has 23 heavy (non-hydrogen) atoms. The molecule has 3 rings (SSSR count). The minimum Gasteiger partial charge on any atom is -0.467 e. The van der Waals surface area contributed by atoms with E-state index in [-0.39, 0.29) is 6.03 Å². The van der Waals surface area contributed by atoms with Gasteiger partial charge >= 0.3 is 6.03 Å². The number of urea groups is 1. The Bertz CT molecular complexity index is 735. The quantitative estimate of drug-likeness (QED) is 0.783. The molecule has 0 radical (unpaired) electrons. The second-order valence-electron chi connectivity index (χ2n) is 5.07. The number of nitrogens with zero attached hydrogens (tertiary/aromatic N) is 4. The van der Waals surface area contributed by atoms with E-state index in [1.807, 2.05) is 30.5 Å². The van der Waals surface area contributed by atoms with Crippen molar-refractivity contribution < 1.29 is 9.21 Å². The van der Waals surface area contributed by atoms with Crippen molar-refractivity contribution in [3.63, 3.8) is 0 Å². The zero-order valence-electron chi connectivity index (χ0n) is 12.7. The number of aromatic nitrogens is 3. The van der Waals surface area contributed by atoms with Crippen LogP contribution in [0.25, 0.3) is 5.82 Å². The van der Waals surface area contributed by atoms with Crippen LogP contribution in [0.15, 0.2) is 59.6 Å². The van der Waals surface area contributed by atoms with E-state index < -0.39 is 0 Å². The molecule has 3 heterocycles. The van der Waals surface area contributed by atoms with Gasteiger partial charge in [-0.25, -0.2) is 14.5 Å². The summed E-state index contributed by atoms with van der Waals surface area (Å²) in [6, 6.07) is 9.08. The summed E-state index contributed by atoms with van der Waals surface area (Å²) in [5.74, 6) is 1.48. The number of rotatable bonds is 5. The summed E-state index contributed by atoms with van der Waals surface area (Å²) in [7, 11) is 1.72. The summed E-state index contributed by atoms with van der Waals surface area (Å²) in [6.07, 6.45) is 6.84. The standard InChI is InChI=1S/C16H17N5O2/c1-20(12-14-4-2-9-23-14)16(22)18-11-13-5-6-15(17-10-13)21-8-3-7-19-21/h2-10H,11-12H2,1H3,(H,18,22). The van der Waals surface area contributed by atoms with Gasteiger partial charge in [-0.05, 0) is 29.8 Å². The smallest absolute Gasteiger partial charge is 0.317 e. The van der Waals surface area contributed by atoms with Crippen LogP contribution in [-0.4, -0.2) is 32.7 Å². The van der Waals surface area contributed by atoms with E-state index in [9.17, 15) is 4.79 Å². The Morgan fingerprint density at radius 3 is 2.91 bits per heavy atom. The molecule has 118 valence electrons. The Labute approximate surface area is 133 Å². The lowest BCUT2D eigenvalue weighted by Crippen LogP contribution is -2.36. The fraction of sp³-hybridized carbons (Fsp3) is 0.188. The summed E-state index contributed by atoms with van der Waals surface area (Å²) in [4.78, 5) is 17.9. The second kappa shape index (κ2) is 6.78. The van der Waals surface area contributed by atoms with E-state index in [1.165, 1.54) is 0 Å². The van der Waals surface area contributed by atoms with Gasteiger partial charge in [0.25, 0.3) is 0 Å². The Morgan fingerprint density at radius 1 is 1.35 bits per heavy atom. The lowest BCUT2D eigenvalue weighted by Gasteiger charge is -2.16. The summed E-state index contributed by atoms with van der Waals surface area (Å²) in [6.45, 7) is 0.836. The van der Waals surface area contributed by atoms with Crippen molar-refractivity contribution in [1.82, 2.24) is 25.0 Å². The molecule has 0 bridgehead atoms. The molecule has 0 aliphatic heterocycles. The summed E-state index contributed by atoms with van der Waals surface area (Å²) < 4.78 is 6.91. The predicted molar refractivity (Wildman–Crippen MR) is 83.8 cm³/mol. The molecule has 0 spiro atoms. The maximum Gasteiger partial charge on any atom is 0.317 e. The third-order valence-electron chi connectivity index (χ3n) is 3.31. The Hall–Kier alpha value is -3.09. The van der Waals surface area contributed by atoms with E-state index in [2.05, 4.69) is 15.4 Å². The Kier molecular flexibility index (Phi) is 4.37. The minimum absolute atomic E-state index is 0.169. The number of nitrogens with one attached hydrogen (secondary N) is 1. The lowest BCUT2D eigenvalue weighted by atomic mass is 10.3. The highest BCUT2D eigenvalue weighted by molar-refractivity contribution is 5.73. The zero-order valence-corrected chi connectivity index (χ0v) is 12.7. The maximum absolute atomic E-state index is 12.0. The molecule has 0 unspecified atom stereocenters. The summed E-state index contributed by atoms with van der Waals surface area (Å²) >= 11 is 0. The molecule has 3 aromatic rings. The molecule has 0 aromatic carbocycles. The van der Waals surface area contributed by atoms with Crippen molar-refractivity contribution in [2.45, 2.75) is 13.1 Å². The SMILES string of the molecule is CN(Cc1ccco1)C(=O)NCc1ccc(-n2cccn2)nc1. The van der Waals surface area contributed by atoms with Crippen LogP contribution in [0.1, 0.15) is 11.3 Å². The molecule has 0 atom stereocenters. The van der Waals surface area contributed by atoms with Crippen molar-refractivity contribution in [3.8, 4) is 5.82 Å². The van der Waals surface area contributed by atoms with Crippen LogP contribution >= 0.6 is 0 Å². The zero-order chi connectivity index (χ0) is 16.1. The first-order valence-electron chi connectivity index (χ1n) is 7.18. The lowest BCUT2D eigenvalue weighted by molar-refractivity contribution is 0.202. The van der Waals surface area contributed by atoms with Gasteiger partial charge in [0.2, 0.25) is 0 Å². The van der Waals surface area contributed by atoms with Gasteiger partial charge in [-0.2, -0.15) is 5.10 Å². The summed E-state index contributed by atoms with van der Waals surface area (Å²) in [5.41, 5.74) is 0.917. The molecule has 2 amide bonds. The van der Waals surface area contributed by atoms with Crippen molar-refractivity contribution in [1.29, 1.82) is 0 Å². The normalized spacial score (nSPS) is 10.5. The molecule has 0 saturated heterocycles. The molecule has 0 saturated carbocycles. The van der Waals surface area contributed by atoms with Gasteiger partial charge < -0.3 is 14.6 Å². The first kappa shape index (κ1) is 14.8. The van der Waals surface area contributed by atoms with Gasteiger partial charge in [-0.15, -0.1) is 0 Å². The van der Waals surface area contributed by atoms with Gasteiger partial charge in [-0.3, -0.25) is 0 Å². The minimum atomic E-state index is -0.169. The van der Waals surface area contributed by atoms with Crippen molar-refractivity contribution in [2.24, 2.45) is 0 Å². The van der Waals surface area contributed by atoms with Crippen LogP contribution < -0.4 is 5.32 Å². The number of hydrogen-bond acceptors (Lipinski definition) is 4. The largest absolute Gasteiger partial charge is 0.467 e. The van der Waals surface area contributed by atoms with Crippen LogP contribution in [0, 0.1) is 0 Å². The maximum atomic E-state index is 12.0. The van der Waals surface area contributed by atoms with E-state index in [1.54, 1.807) is 41.4 Å². The number of furan rings is 1. The Balaban J connectivity index is 1.52. The molecule has 7 heteroatoms. The van der Waals surface area contributed by atoms with Crippen LogP contribution in [-0.2, 0) is 13.1 Å². The van der Waals surface area contributed by atoms with Crippen molar-refractivity contribution >= 4 is 6.03 Å². The molecule has 0 fully saturated rings. The van der Waals surface area contributed by atoms with Crippen LogP contribution in [0.2, 0.25) is 0 Å². The molecular weight excluding hydrogens is 294 g/mol. The topological polar surface area (TPSA) is 76.2 Å². The second-order valence-corrected chi connectivity index (χ2v) is 5.07. The molecule has 0 aliphatic carbocycles. The molecular formula is C16H17N5O2. The first-order chi connectivity index (χ1) is 11.2. The van der Waals surface area contributed by atoms with Gasteiger partial charge in [0.1, 0.15) is 5.76 Å². The van der Waals surface area contributed by atoms with Gasteiger partial charge in [0, 0.05) is 32.2 Å². The third-order valence-corrected chi connectivity index (χ3v) is 3.31. The average molecular weight is 311 g/mol. The van der Waals surface area contributed by atoms with Crippen LogP contribution in [0.3, 0.4) is 0 Å². The number of hydrogen-bond donors (Lipinski definition) is 1. The van der Waals surface area contributed by atoms with E-state index in [0.717, 1.165) is 17.1 Å². The van der Waals surface area contributed by atoms with Gasteiger partial charge in [0.05, 0.1) is 12.8 Å². The highest BCUT2D eigenvalue weighted by atomic mass is 16.3. The number of amides is 2. The molecule has 1 N–H and O–H groups in total. The predicted octanol–water partition coefficient (Wildman–Crippen LogP) is 2.20. The van der Waals surface area contributed by atoms with Crippen molar-refractivity contribution in [2.75, 3.05) is 7.05 Å². The van der Waals surface area contributed by atoms with Crippen LogP contribution in [0.4, 0.5) is 4.79 Å². The highest BCUT2D eigenvalue weighted by Crippen LogP contribution is 2.06. The third kappa shape index (κ3) is 3.76. The fourth-order valence-electron chi connectivity index (χ4n) is 2.08. The van der Waals surface area contributed by atoms with Crippen molar-refractivity contribution in [3.05, 3.63) is 66.5 Å². The average Bonchev–Trinajstić information content (AvgIpc) is 3.26. The van der Waals surface area contributed by atoms with E-state index in [4.69, 9.17) is 4.42 Å². The Morgan fingerprint density at radius 2 is 2.26 bits per heavy atom. The molecule has 7 nitrogen and oxygen atoms in total. The van der Waals surface area contributed by atoms with E-state index in [0.29, 0.717) is 13.1 Å². The number of carbonyl (C=O) groups excluding carboxylic acids is 1. The molecule has 3 aromatic heterocycles. The van der Waals surface area contributed by atoms with Gasteiger partial charge in [0.15, 0.2) is 5.82 Å². The molecule has 0 aliphatic rings. The number of carbonyl (C=O) groups is 1. The van der Waals surface area contributed by atoms with E-state index >= 15 is 0 Å².